The zero-order valence-electron chi connectivity index (χ0n) is 17.9. The molecule has 0 saturated carbocycles. The van der Waals surface area contributed by atoms with Crippen molar-refractivity contribution >= 4 is 23.4 Å². The molecule has 2 aliphatic rings. The van der Waals surface area contributed by atoms with Crippen molar-refractivity contribution in [3.8, 4) is 5.75 Å². The molecule has 2 saturated heterocycles. The number of methoxy groups -OCH3 is 1. The smallest absolute Gasteiger partial charge is 0.246 e. The van der Waals surface area contributed by atoms with Gasteiger partial charge in [0.25, 0.3) is 0 Å². The van der Waals surface area contributed by atoms with Crippen molar-refractivity contribution < 1.29 is 19.1 Å². The van der Waals surface area contributed by atoms with Gasteiger partial charge in [-0.2, -0.15) is 0 Å². The van der Waals surface area contributed by atoms with Crippen molar-refractivity contribution in [2.24, 2.45) is 0 Å². The van der Waals surface area contributed by atoms with E-state index in [0.717, 1.165) is 11.3 Å². The largest absolute Gasteiger partial charge is 0.497 e. The number of piperazine rings is 1. The van der Waals surface area contributed by atoms with Crippen molar-refractivity contribution in [3.63, 3.8) is 0 Å². The van der Waals surface area contributed by atoms with E-state index in [9.17, 15) is 14.4 Å². The van der Waals surface area contributed by atoms with Gasteiger partial charge in [-0.3, -0.25) is 14.4 Å². The SMILES string of the molecule is COc1cccc(N2C(=O)CN(C(=O)CN3C[C@@H](c4ccccc4)CC3=O)C[C@H]2C)c1. The number of amides is 3. The molecule has 0 unspecified atom stereocenters. The average Bonchev–Trinajstić information content (AvgIpc) is 3.14. The minimum Gasteiger partial charge on any atom is -0.497 e. The van der Waals surface area contributed by atoms with Gasteiger partial charge in [0.1, 0.15) is 12.3 Å². The monoisotopic (exact) mass is 421 g/mol. The van der Waals surface area contributed by atoms with Crippen LogP contribution in [0.15, 0.2) is 54.6 Å². The van der Waals surface area contributed by atoms with Gasteiger partial charge in [-0.05, 0) is 24.6 Å². The molecule has 0 aromatic heterocycles. The van der Waals surface area contributed by atoms with Gasteiger partial charge >= 0.3 is 0 Å². The van der Waals surface area contributed by atoms with Crippen LogP contribution < -0.4 is 9.64 Å². The molecule has 2 heterocycles. The van der Waals surface area contributed by atoms with Gasteiger partial charge in [0.15, 0.2) is 0 Å². The first-order chi connectivity index (χ1) is 15.0. The summed E-state index contributed by atoms with van der Waals surface area (Å²) in [5, 5.41) is 0. The summed E-state index contributed by atoms with van der Waals surface area (Å²) < 4.78 is 5.26. The lowest BCUT2D eigenvalue weighted by Gasteiger charge is -2.40. The van der Waals surface area contributed by atoms with Gasteiger partial charge in [-0.1, -0.05) is 36.4 Å². The molecule has 4 rings (SSSR count). The molecule has 2 aromatic rings. The number of anilines is 1. The van der Waals surface area contributed by atoms with Crippen LogP contribution in [0.3, 0.4) is 0 Å². The standard InChI is InChI=1S/C24H27N3O4/c1-17-13-25(16-24(30)27(17)20-9-6-10-21(12-20)31-2)23(29)15-26-14-19(11-22(26)28)18-7-4-3-5-8-18/h3-10,12,17,19H,11,13-16H2,1-2H3/t17-,19+/m1/s1. The molecular formula is C24H27N3O4. The number of benzene rings is 2. The third-order valence-corrected chi connectivity index (χ3v) is 6.02. The Morgan fingerprint density at radius 3 is 2.52 bits per heavy atom. The highest BCUT2D eigenvalue weighted by molar-refractivity contribution is 5.99. The van der Waals surface area contributed by atoms with E-state index in [1.807, 2.05) is 61.5 Å². The Hall–Kier alpha value is -3.35. The highest BCUT2D eigenvalue weighted by Gasteiger charge is 2.36. The Morgan fingerprint density at radius 1 is 1.03 bits per heavy atom. The quantitative estimate of drug-likeness (QED) is 0.743. The Kier molecular flexibility index (Phi) is 5.93. The maximum absolute atomic E-state index is 12.9. The van der Waals surface area contributed by atoms with E-state index in [1.165, 1.54) is 0 Å². The summed E-state index contributed by atoms with van der Waals surface area (Å²) in [5.41, 5.74) is 1.87. The van der Waals surface area contributed by atoms with Crippen LogP contribution in [-0.2, 0) is 14.4 Å². The predicted molar refractivity (Wildman–Crippen MR) is 117 cm³/mol. The molecule has 7 nitrogen and oxygen atoms in total. The zero-order chi connectivity index (χ0) is 22.0. The number of ether oxygens (including phenoxy) is 1. The van der Waals surface area contributed by atoms with Crippen LogP contribution in [0.4, 0.5) is 5.69 Å². The Balaban J connectivity index is 1.39. The number of likely N-dealkylation sites (tertiary alicyclic amines) is 1. The minimum absolute atomic E-state index is 0.00449. The van der Waals surface area contributed by atoms with Crippen molar-refractivity contribution in [1.29, 1.82) is 0 Å². The first-order valence-corrected chi connectivity index (χ1v) is 10.5. The number of nitrogens with zero attached hydrogens (tertiary/aromatic N) is 3. The van der Waals surface area contributed by atoms with E-state index in [1.54, 1.807) is 21.8 Å². The van der Waals surface area contributed by atoms with Crippen molar-refractivity contribution in [2.75, 3.05) is 38.2 Å². The highest BCUT2D eigenvalue weighted by atomic mass is 16.5. The minimum atomic E-state index is -0.187. The van der Waals surface area contributed by atoms with Crippen LogP contribution in [0.5, 0.6) is 5.75 Å². The van der Waals surface area contributed by atoms with E-state index in [4.69, 9.17) is 4.74 Å². The Labute approximate surface area is 182 Å². The van der Waals surface area contributed by atoms with Gasteiger partial charge in [-0.25, -0.2) is 0 Å². The van der Waals surface area contributed by atoms with E-state index in [2.05, 4.69) is 0 Å². The number of hydrogen-bond donors (Lipinski definition) is 0. The molecule has 0 spiro atoms. The second kappa shape index (κ2) is 8.79. The van der Waals surface area contributed by atoms with Crippen LogP contribution >= 0.6 is 0 Å². The number of hydrogen-bond acceptors (Lipinski definition) is 4. The van der Waals surface area contributed by atoms with Crippen molar-refractivity contribution in [1.82, 2.24) is 9.80 Å². The molecule has 0 radical (unpaired) electrons. The van der Waals surface area contributed by atoms with Crippen LogP contribution in [0.25, 0.3) is 0 Å². The number of rotatable bonds is 5. The Bertz CT molecular complexity index is 978. The molecule has 162 valence electrons. The summed E-state index contributed by atoms with van der Waals surface area (Å²) >= 11 is 0. The molecule has 0 N–H and O–H groups in total. The first-order valence-electron chi connectivity index (χ1n) is 10.5. The van der Waals surface area contributed by atoms with Crippen LogP contribution in [-0.4, -0.2) is 66.9 Å². The third-order valence-electron chi connectivity index (χ3n) is 6.02. The summed E-state index contributed by atoms with van der Waals surface area (Å²) in [4.78, 5) is 43.1. The summed E-state index contributed by atoms with van der Waals surface area (Å²) in [5.74, 6) is 0.433. The lowest BCUT2D eigenvalue weighted by molar-refractivity contribution is -0.141. The van der Waals surface area contributed by atoms with Crippen LogP contribution in [0.2, 0.25) is 0 Å². The fourth-order valence-corrected chi connectivity index (χ4v) is 4.44. The number of carbonyl (C=O) groups excluding carboxylic acids is 3. The van der Waals surface area contributed by atoms with Gasteiger partial charge < -0.3 is 19.4 Å². The average molecular weight is 421 g/mol. The van der Waals surface area contributed by atoms with E-state index in [-0.39, 0.29) is 42.8 Å². The molecule has 2 aromatic carbocycles. The molecule has 2 aliphatic heterocycles. The zero-order valence-corrected chi connectivity index (χ0v) is 17.9. The van der Waals surface area contributed by atoms with Crippen molar-refractivity contribution in [2.45, 2.75) is 25.3 Å². The summed E-state index contributed by atoms with van der Waals surface area (Å²) in [6.45, 7) is 2.89. The van der Waals surface area contributed by atoms with E-state index in [0.29, 0.717) is 25.3 Å². The molecule has 2 atom stereocenters. The lowest BCUT2D eigenvalue weighted by Crippen LogP contribution is -2.58. The van der Waals surface area contributed by atoms with Crippen LogP contribution in [0.1, 0.15) is 24.8 Å². The first kappa shape index (κ1) is 20.9. The molecule has 7 heteroatoms. The van der Waals surface area contributed by atoms with Gasteiger partial charge in [0, 0.05) is 37.2 Å². The number of carbonyl (C=O) groups is 3. The third kappa shape index (κ3) is 4.40. The van der Waals surface area contributed by atoms with Gasteiger partial charge in [0.05, 0.1) is 19.7 Å². The fraction of sp³-hybridized carbons (Fsp3) is 0.375. The normalized spacial score (nSPS) is 21.5. The molecular weight excluding hydrogens is 394 g/mol. The molecule has 2 fully saturated rings. The lowest BCUT2D eigenvalue weighted by atomic mass is 9.99. The molecule has 0 bridgehead atoms. The summed E-state index contributed by atoms with van der Waals surface area (Å²) in [6, 6.07) is 17.1. The van der Waals surface area contributed by atoms with E-state index < -0.39 is 0 Å². The van der Waals surface area contributed by atoms with Crippen LogP contribution in [0, 0.1) is 0 Å². The second-order valence-corrected chi connectivity index (χ2v) is 8.17. The van der Waals surface area contributed by atoms with Crippen molar-refractivity contribution in [3.05, 3.63) is 60.2 Å². The maximum atomic E-state index is 12.9. The maximum Gasteiger partial charge on any atom is 0.246 e. The van der Waals surface area contributed by atoms with E-state index >= 15 is 0 Å². The molecule has 3 amide bonds. The van der Waals surface area contributed by atoms with Gasteiger partial charge in [-0.15, -0.1) is 0 Å². The fourth-order valence-electron chi connectivity index (χ4n) is 4.44. The summed E-state index contributed by atoms with van der Waals surface area (Å²) in [7, 11) is 1.59. The topological polar surface area (TPSA) is 70.2 Å². The van der Waals surface area contributed by atoms with Gasteiger partial charge in [0.2, 0.25) is 17.7 Å². The second-order valence-electron chi connectivity index (χ2n) is 8.17. The highest BCUT2D eigenvalue weighted by Crippen LogP contribution is 2.29. The predicted octanol–water partition coefficient (Wildman–Crippen LogP) is 2.27. The molecule has 0 aliphatic carbocycles. The Morgan fingerprint density at radius 2 is 1.81 bits per heavy atom. The molecule has 31 heavy (non-hydrogen) atoms. The summed E-state index contributed by atoms with van der Waals surface area (Å²) in [6.07, 6.45) is 0.413.